The Balaban J connectivity index is 2.07. The number of alkyl halides is 3. The summed E-state index contributed by atoms with van der Waals surface area (Å²) in [5, 5.41) is 9.89. The molecule has 0 saturated carbocycles. The molecule has 2 unspecified atom stereocenters. The van der Waals surface area contributed by atoms with Gasteiger partial charge in [-0.15, -0.1) is 0 Å². The average Bonchev–Trinajstić information content (AvgIpc) is 2.88. The van der Waals surface area contributed by atoms with Crippen molar-refractivity contribution in [1.29, 1.82) is 0 Å². The SMILES string of the molecule is OC(CCC1CCCO1)c1cccc(C(F)(F)F)c1F. The molecule has 1 aromatic rings. The summed E-state index contributed by atoms with van der Waals surface area (Å²) in [7, 11) is 0. The summed E-state index contributed by atoms with van der Waals surface area (Å²) >= 11 is 0. The number of hydrogen-bond acceptors (Lipinski definition) is 2. The van der Waals surface area contributed by atoms with Gasteiger partial charge in [-0.1, -0.05) is 12.1 Å². The zero-order valence-corrected chi connectivity index (χ0v) is 10.8. The highest BCUT2D eigenvalue weighted by molar-refractivity contribution is 5.29. The summed E-state index contributed by atoms with van der Waals surface area (Å²) in [6, 6.07) is 2.97. The van der Waals surface area contributed by atoms with Crippen molar-refractivity contribution in [1.82, 2.24) is 0 Å². The molecule has 2 atom stereocenters. The Hall–Kier alpha value is -1.14. The minimum absolute atomic E-state index is 0.0125. The molecule has 1 fully saturated rings. The summed E-state index contributed by atoms with van der Waals surface area (Å²) in [6.07, 6.45) is -3.48. The first-order valence-electron chi connectivity index (χ1n) is 6.55. The molecule has 0 aromatic heterocycles. The fourth-order valence-corrected chi connectivity index (χ4v) is 2.40. The van der Waals surface area contributed by atoms with Gasteiger partial charge < -0.3 is 9.84 Å². The molecule has 1 N–H and O–H groups in total. The Morgan fingerprint density at radius 2 is 2.10 bits per heavy atom. The fraction of sp³-hybridized carbons (Fsp3) is 0.571. The number of halogens is 4. The zero-order chi connectivity index (χ0) is 14.8. The molecule has 112 valence electrons. The van der Waals surface area contributed by atoms with E-state index in [1.54, 1.807) is 0 Å². The van der Waals surface area contributed by atoms with Crippen molar-refractivity contribution in [2.45, 2.75) is 44.1 Å². The average molecular weight is 292 g/mol. The third-order valence-electron chi connectivity index (χ3n) is 3.48. The van der Waals surface area contributed by atoms with E-state index in [4.69, 9.17) is 4.74 Å². The van der Waals surface area contributed by atoms with Crippen molar-refractivity contribution >= 4 is 0 Å². The van der Waals surface area contributed by atoms with E-state index in [1.807, 2.05) is 0 Å². The van der Waals surface area contributed by atoms with Crippen LogP contribution >= 0.6 is 0 Å². The van der Waals surface area contributed by atoms with Crippen LogP contribution in [0, 0.1) is 5.82 Å². The second-order valence-electron chi connectivity index (χ2n) is 4.93. The largest absolute Gasteiger partial charge is 0.419 e. The maximum atomic E-state index is 13.8. The van der Waals surface area contributed by atoms with E-state index >= 15 is 0 Å². The normalized spacial score (nSPS) is 21.1. The van der Waals surface area contributed by atoms with E-state index in [0.717, 1.165) is 18.9 Å². The number of hydrogen-bond donors (Lipinski definition) is 1. The zero-order valence-electron chi connectivity index (χ0n) is 10.8. The Bertz CT molecular complexity index is 453. The molecule has 1 saturated heterocycles. The van der Waals surface area contributed by atoms with Gasteiger partial charge in [-0.25, -0.2) is 4.39 Å². The van der Waals surface area contributed by atoms with Gasteiger partial charge in [0.15, 0.2) is 0 Å². The molecule has 0 bridgehead atoms. The Labute approximate surface area is 114 Å². The van der Waals surface area contributed by atoms with Crippen LogP contribution < -0.4 is 0 Å². The van der Waals surface area contributed by atoms with E-state index in [2.05, 4.69) is 0 Å². The second kappa shape index (κ2) is 6.10. The van der Waals surface area contributed by atoms with Crippen molar-refractivity contribution in [2.24, 2.45) is 0 Å². The fourth-order valence-electron chi connectivity index (χ4n) is 2.40. The predicted molar refractivity (Wildman–Crippen MR) is 64.6 cm³/mol. The summed E-state index contributed by atoms with van der Waals surface area (Å²) in [6.45, 7) is 0.665. The molecule has 2 nitrogen and oxygen atoms in total. The first-order chi connectivity index (χ1) is 9.39. The number of benzene rings is 1. The number of rotatable bonds is 4. The van der Waals surface area contributed by atoms with Gasteiger partial charge in [0, 0.05) is 12.2 Å². The van der Waals surface area contributed by atoms with Crippen molar-refractivity contribution in [2.75, 3.05) is 6.61 Å². The van der Waals surface area contributed by atoms with Crippen molar-refractivity contribution in [3.8, 4) is 0 Å². The summed E-state index contributed by atoms with van der Waals surface area (Å²) in [5.41, 5.74) is -1.65. The lowest BCUT2D eigenvalue weighted by Gasteiger charge is -2.17. The van der Waals surface area contributed by atoms with E-state index in [9.17, 15) is 22.7 Å². The van der Waals surface area contributed by atoms with Gasteiger partial charge in [-0.2, -0.15) is 13.2 Å². The molecule has 1 heterocycles. The predicted octanol–water partition coefficient (Wildman–Crippen LogP) is 3.84. The van der Waals surface area contributed by atoms with Gasteiger partial charge >= 0.3 is 6.18 Å². The first-order valence-corrected chi connectivity index (χ1v) is 6.55. The number of aliphatic hydroxyl groups is 1. The minimum Gasteiger partial charge on any atom is -0.388 e. The van der Waals surface area contributed by atoms with E-state index in [-0.39, 0.29) is 18.1 Å². The van der Waals surface area contributed by atoms with Crippen LogP contribution in [0.1, 0.15) is 42.9 Å². The number of ether oxygens (including phenoxy) is 1. The van der Waals surface area contributed by atoms with Crippen LogP contribution in [-0.4, -0.2) is 17.8 Å². The Kier molecular flexibility index (Phi) is 4.65. The van der Waals surface area contributed by atoms with Gasteiger partial charge in [0.05, 0.1) is 17.8 Å². The summed E-state index contributed by atoms with van der Waals surface area (Å²) in [4.78, 5) is 0. The molecule has 1 aromatic carbocycles. The Morgan fingerprint density at radius 3 is 2.70 bits per heavy atom. The van der Waals surface area contributed by atoms with Crippen LogP contribution in [0.5, 0.6) is 0 Å². The van der Waals surface area contributed by atoms with Crippen LogP contribution in [0.4, 0.5) is 17.6 Å². The Morgan fingerprint density at radius 1 is 1.35 bits per heavy atom. The lowest BCUT2D eigenvalue weighted by Crippen LogP contribution is -2.13. The molecule has 6 heteroatoms. The van der Waals surface area contributed by atoms with Crippen LogP contribution in [0.25, 0.3) is 0 Å². The van der Waals surface area contributed by atoms with E-state index in [0.29, 0.717) is 19.1 Å². The van der Waals surface area contributed by atoms with Gasteiger partial charge in [-0.3, -0.25) is 0 Å². The quantitative estimate of drug-likeness (QED) is 0.854. The van der Waals surface area contributed by atoms with Gasteiger partial charge in [-0.05, 0) is 31.7 Å². The number of aliphatic hydroxyl groups excluding tert-OH is 1. The van der Waals surface area contributed by atoms with Crippen molar-refractivity contribution in [3.05, 3.63) is 35.1 Å². The highest BCUT2D eigenvalue weighted by Crippen LogP contribution is 2.35. The smallest absolute Gasteiger partial charge is 0.388 e. The molecule has 0 spiro atoms. The molecule has 2 rings (SSSR count). The van der Waals surface area contributed by atoms with Crippen LogP contribution in [0.3, 0.4) is 0 Å². The topological polar surface area (TPSA) is 29.5 Å². The van der Waals surface area contributed by atoms with Crippen molar-refractivity contribution < 1.29 is 27.4 Å². The highest BCUT2D eigenvalue weighted by Gasteiger charge is 2.35. The van der Waals surface area contributed by atoms with E-state index < -0.39 is 23.7 Å². The molecule has 0 aliphatic carbocycles. The van der Waals surface area contributed by atoms with Crippen LogP contribution in [0.15, 0.2) is 18.2 Å². The standard InChI is InChI=1S/C14H16F4O2/c15-13-10(4-1-5-11(13)14(16,17)18)12(19)7-6-9-3-2-8-20-9/h1,4-5,9,12,19H,2-3,6-8H2. The highest BCUT2D eigenvalue weighted by atomic mass is 19.4. The lowest BCUT2D eigenvalue weighted by molar-refractivity contribution is -0.140. The maximum absolute atomic E-state index is 13.8. The maximum Gasteiger partial charge on any atom is 0.419 e. The molecular formula is C14H16F4O2. The van der Waals surface area contributed by atoms with Crippen LogP contribution in [-0.2, 0) is 10.9 Å². The monoisotopic (exact) mass is 292 g/mol. The minimum atomic E-state index is -4.76. The van der Waals surface area contributed by atoms with Gasteiger partial charge in [0.1, 0.15) is 5.82 Å². The molecule has 0 amide bonds. The third kappa shape index (κ3) is 3.49. The molecule has 20 heavy (non-hydrogen) atoms. The molecule has 0 radical (unpaired) electrons. The van der Waals surface area contributed by atoms with Gasteiger partial charge in [0.2, 0.25) is 0 Å². The summed E-state index contributed by atoms with van der Waals surface area (Å²) in [5.74, 6) is -1.39. The molecular weight excluding hydrogens is 276 g/mol. The summed E-state index contributed by atoms with van der Waals surface area (Å²) < 4.78 is 56.9. The third-order valence-corrected chi connectivity index (χ3v) is 3.48. The second-order valence-corrected chi connectivity index (χ2v) is 4.93. The molecule has 1 aliphatic rings. The van der Waals surface area contributed by atoms with Crippen LogP contribution in [0.2, 0.25) is 0 Å². The van der Waals surface area contributed by atoms with Crippen molar-refractivity contribution in [3.63, 3.8) is 0 Å². The van der Waals surface area contributed by atoms with E-state index in [1.165, 1.54) is 6.07 Å². The van der Waals surface area contributed by atoms with Gasteiger partial charge in [0.25, 0.3) is 0 Å². The first kappa shape index (κ1) is 15.3. The molecule has 1 aliphatic heterocycles. The lowest BCUT2D eigenvalue weighted by atomic mass is 9.99.